The minimum absolute atomic E-state index is 0.0752. The van der Waals surface area contributed by atoms with Gasteiger partial charge in [0, 0.05) is 11.1 Å². The normalized spacial score (nSPS) is 11.4. The monoisotopic (exact) mass is 309 g/mol. The number of benzene rings is 2. The lowest BCUT2D eigenvalue weighted by Crippen LogP contribution is -2.80. The summed E-state index contributed by atoms with van der Waals surface area (Å²) in [4.78, 5) is 10.6. The fourth-order valence-electron chi connectivity index (χ4n) is 2.15. The summed E-state index contributed by atoms with van der Waals surface area (Å²) in [6.07, 6.45) is -4.36. The van der Waals surface area contributed by atoms with Gasteiger partial charge in [-0.25, -0.2) is 0 Å². The van der Waals surface area contributed by atoms with Crippen molar-refractivity contribution in [2.75, 3.05) is 0 Å². The van der Waals surface area contributed by atoms with E-state index in [-0.39, 0.29) is 17.7 Å². The molecule has 0 amide bonds. The van der Waals surface area contributed by atoms with Gasteiger partial charge >= 0.3 is 6.18 Å². The quantitative estimate of drug-likeness (QED) is 0.906. The molecule has 2 N–H and O–H groups in total. The van der Waals surface area contributed by atoms with Gasteiger partial charge in [0.2, 0.25) is 0 Å². The Bertz CT molecular complexity index is 651. The third kappa shape index (κ3) is 4.08. The molecule has 2 rings (SSSR count). The molecule has 0 radical (unpaired) electrons. The second kappa shape index (κ2) is 6.62. The predicted octanol–water partition coefficient (Wildman–Crippen LogP) is 1.33. The molecular weight excluding hydrogens is 295 g/mol. The number of rotatable bonds is 5. The van der Waals surface area contributed by atoms with Crippen LogP contribution in [0.4, 0.5) is 13.2 Å². The first-order valence-electron chi connectivity index (χ1n) is 6.65. The Morgan fingerprint density at radius 2 is 1.64 bits per heavy atom. The molecular formula is C16H14F3NO2. The topological polar surface area (TPSA) is 56.7 Å². The maximum Gasteiger partial charge on any atom is 0.416 e. The van der Waals surface area contributed by atoms with Crippen LogP contribution in [0.5, 0.6) is 0 Å². The van der Waals surface area contributed by atoms with E-state index >= 15 is 0 Å². The number of alkyl halides is 3. The van der Waals surface area contributed by atoms with Crippen molar-refractivity contribution in [1.29, 1.82) is 0 Å². The Kier molecular flexibility index (Phi) is 4.82. The summed E-state index contributed by atoms with van der Waals surface area (Å²) in [7, 11) is 0. The highest BCUT2D eigenvalue weighted by Crippen LogP contribution is 2.31. The van der Waals surface area contributed by atoms with Crippen molar-refractivity contribution >= 4 is 5.97 Å². The largest absolute Gasteiger partial charge is 0.545 e. The van der Waals surface area contributed by atoms with E-state index in [1.54, 1.807) is 23.5 Å². The van der Waals surface area contributed by atoms with Gasteiger partial charge in [0.1, 0.15) is 13.1 Å². The van der Waals surface area contributed by atoms with Gasteiger partial charge in [-0.2, -0.15) is 13.2 Å². The van der Waals surface area contributed by atoms with Crippen molar-refractivity contribution in [3.05, 3.63) is 70.8 Å². The van der Waals surface area contributed by atoms with Crippen LogP contribution in [0.3, 0.4) is 0 Å². The number of carboxylic acid groups (broad SMARTS) is 1. The SMILES string of the molecule is O=C([O-])c1ccc(C[NH2+]Cc2ccccc2C(F)(F)F)cc1. The summed E-state index contributed by atoms with van der Waals surface area (Å²) < 4.78 is 38.5. The van der Waals surface area contributed by atoms with Crippen molar-refractivity contribution in [1.82, 2.24) is 0 Å². The van der Waals surface area contributed by atoms with Gasteiger partial charge in [-0.05, 0) is 11.6 Å². The van der Waals surface area contributed by atoms with Crippen molar-refractivity contribution in [2.24, 2.45) is 0 Å². The molecule has 116 valence electrons. The Balaban J connectivity index is 1.98. The Labute approximate surface area is 125 Å². The molecule has 0 spiro atoms. The van der Waals surface area contributed by atoms with Crippen LogP contribution in [0.25, 0.3) is 0 Å². The number of hydrogen-bond donors (Lipinski definition) is 1. The number of aromatic carboxylic acids is 1. The van der Waals surface area contributed by atoms with Gasteiger partial charge < -0.3 is 15.2 Å². The number of halogens is 3. The van der Waals surface area contributed by atoms with E-state index < -0.39 is 17.7 Å². The van der Waals surface area contributed by atoms with Crippen LogP contribution < -0.4 is 10.4 Å². The minimum atomic E-state index is -4.36. The van der Waals surface area contributed by atoms with Crippen molar-refractivity contribution in [2.45, 2.75) is 19.3 Å². The summed E-state index contributed by atoms with van der Waals surface area (Å²) in [5, 5.41) is 12.4. The summed E-state index contributed by atoms with van der Waals surface area (Å²) in [6, 6.07) is 11.5. The molecule has 0 heterocycles. The van der Waals surface area contributed by atoms with Crippen molar-refractivity contribution < 1.29 is 28.4 Å². The molecule has 2 aromatic carbocycles. The molecule has 0 aliphatic heterocycles. The maximum atomic E-state index is 12.8. The second-order valence-corrected chi connectivity index (χ2v) is 4.84. The zero-order chi connectivity index (χ0) is 16.2. The highest BCUT2D eigenvalue weighted by atomic mass is 19.4. The smallest absolute Gasteiger partial charge is 0.416 e. The molecule has 2 aromatic rings. The maximum absolute atomic E-state index is 12.8. The molecule has 0 atom stereocenters. The lowest BCUT2D eigenvalue weighted by atomic mass is 10.1. The number of hydrogen-bond acceptors (Lipinski definition) is 2. The first-order chi connectivity index (χ1) is 10.4. The molecule has 0 aromatic heterocycles. The van der Waals surface area contributed by atoms with Crippen molar-refractivity contribution in [3.8, 4) is 0 Å². The standard InChI is InChI=1S/C16H14F3NO2/c17-16(18,19)14-4-2-1-3-13(14)10-20-9-11-5-7-12(8-6-11)15(21)22/h1-8,20H,9-10H2,(H,21,22). The fraction of sp³-hybridized carbons (Fsp3) is 0.188. The van der Waals surface area contributed by atoms with Crippen molar-refractivity contribution in [3.63, 3.8) is 0 Å². The van der Waals surface area contributed by atoms with Gasteiger partial charge in [-0.15, -0.1) is 0 Å². The van der Waals surface area contributed by atoms with E-state index in [2.05, 4.69) is 0 Å². The lowest BCUT2D eigenvalue weighted by Gasteiger charge is -2.11. The van der Waals surface area contributed by atoms with E-state index in [0.717, 1.165) is 11.6 Å². The predicted molar refractivity (Wildman–Crippen MR) is 71.5 cm³/mol. The van der Waals surface area contributed by atoms with Crippen LogP contribution in [0.2, 0.25) is 0 Å². The molecule has 0 saturated carbocycles. The number of carbonyl (C=O) groups excluding carboxylic acids is 1. The molecule has 6 heteroatoms. The average molecular weight is 309 g/mol. The Morgan fingerprint density at radius 1 is 1.00 bits per heavy atom. The van der Waals surface area contributed by atoms with Gasteiger partial charge in [-0.1, -0.05) is 42.5 Å². The highest BCUT2D eigenvalue weighted by molar-refractivity contribution is 5.85. The van der Waals surface area contributed by atoms with E-state index in [4.69, 9.17) is 0 Å². The molecule has 0 unspecified atom stereocenters. The molecule has 0 bridgehead atoms. The van der Waals surface area contributed by atoms with Crippen LogP contribution in [-0.2, 0) is 19.3 Å². The highest BCUT2D eigenvalue weighted by Gasteiger charge is 2.33. The number of carbonyl (C=O) groups is 1. The average Bonchev–Trinajstić information content (AvgIpc) is 2.47. The second-order valence-electron chi connectivity index (χ2n) is 4.84. The Hall–Kier alpha value is -2.34. The van der Waals surface area contributed by atoms with E-state index in [1.807, 2.05) is 0 Å². The first kappa shape index (κ1) is 16.0. The van der Waals surface area contributed by atoms with E-state index in [0.29, 0.717) is 6.54 Å². The zero-order valence-corrected chi connectivity index (χ0v) is 11.6. The Morgan fingerprint density at radius 3 is 2.23 bits per heavy atom. The van der Waals surface area contributed by atoms with Crippen LogP contribution >= 0.6 is 0 Å². The molecule has 0 fully saturated rings. The van der Waals surface area contributed by atoms with Crippen LogP contribution in [-0.4, -0.2) is 5.97 Å². The summed E-state index contributed by atoms with van der Waals surface area (Å²) in [5.41, 5.74) is 0.501. The van der Waals surface area contributed by atoms with Gasteiger partial charge in [-0.3, -0.25) is 0 Å². The number of nitrogens with two attached hydrogens (primary N) is 1. The molecule has 0 saturated heterocycles. The lowest BCUT2D eigenvalue weighted by molar-refractivity contribution is -0.686. The van der Waals surface area contributed by atoms with E-state index in [1.165, 1.54) is 24.3 Å². The van der Waals surface area contributed by atoms with Gasteiger partial charge in [0.25, 0.3) is 0 Å². The minimum Gasteiger partial charge on any atom is -0.545 e. The molecule has 22 heavy (non-hydrogen) atoms. The molecule has 0 aliphatic rings. The third-order valence-corrected chi connectivity index (χ3v) is 3.26. The first-order valence-corrected chi connectivity index (χ1v) is 6.65. The number of carboxylic acids is 1. The third-order valence-electron chi connectivity index (χ3n) is 3.26. The summed E-state index contributed by atoms with van der Waals surface area (Å²) in [5.74, 6) is -1.25. The van der Waals surface area contributed by atoms with Crippen LogP contribution in [0.15, 0.2) is 48.5 Å². The number of quaternary nitrogens is 1. The van der Waals surface area contributed by atoms with Gasteiger partial charge in [0.05, 0.1) is 11.5 Å². The van der Waals surface area contributed by atoms with Gasteiger partial charge in [0.15, 0.2) is 0 Å². The van der Waals surface area contributed by atoms with E-state index in [9.17, 15) is 23.1 Å². The zero-order valence-electron chi connectivity index (χ0n) is 11.6. The fourth-order valence-corrected chi connectivity index (χ4v) is 2.15. The summed E-state index contributed by atoms with van der Waals surface area (Å²) >= 11 is 0. The van der Waals surface area contributed by atoms with Crippen LogP contribution in [0.1, 0.15) is 27.0 Å². The molecule has 3 nitrogen and oxygen atoms in total. The summed E-state index contributed by atoms with van der Waals surface area (Å²) in [6.45, 7) is 0.650. The molecule has 0 aliphatic carbocycles. The van der Waals surface area contributed by atoms with Crippen LogP contribution in [0, 0.1) is 0 Å².